The number of amides is 1. The summed E-state index contributed by atoms with van der Waals surface area (Å²) >= 11 is 0. The van der Waals surface area contributed by atoms with E-state index in [2.05, 4.69) is 10.1 Å². The minimum Gasteiger partial charge on any atom is -0.464 e. The van der Waals surface area contributed by atoms with Crippen LogP contribution >= 0.6 is 0 Å². The smallest absolute Gasteiger partial charge is 0.302 e. The molecule has 0 unspecified atom stereocenters. The fourth-order valence-electron chi connectivity index (χ4n) is 0.369. The van der Waals surface area contributed by atoms with Crippen LogP contribution in [0.15, 0.2) is 0 Å². The molecule has 0 aliphatic carbocycles. The van der Waals surface area contributed by atoms with Crippen molar-refractivity contribution < 1.29 is 14.3 Å². The monoisotopic (exact) mass is 141 g/mol. The van der Waals surface area contributed by atoms with Crippen molar-refractivity contribution in [1.29, 1.82) is 0 Å². The lowest BCUT2D eigenvalue weighted by atomic mass is 10.1. The summed E-state index contributed by atoms with van der Waals surface area (Å²) in [6.45, 7) is 1.72. The Labute approximate surface area is 60.3 Å². The first-order valence-corrected chi connectivity index (χ1v) is 2.79. The van der Waals surface area contributed by atoms with E-state index in [9.17, 15) is 9.59 Å². The summed E-state index contributed by atoms with van der Waals surface area (Å²) in [7, 11) is 4.72. The highest BCUT2D eigenvalue weighted by Crippen LogP contribution is 1.73. The number of nitrogens with one attached hydrogen (secondary N) is 1. The Balaban J connectivity index is 3.06. The van der Waals surface area contributed by atoms with Crippen LogP contribution in [0.1, 0.15) is 6.92 Å². The van der Waals surface area contributed by atoms with E-state index in [-0.39, 0.29) is 19.1 Å². The standard InChI is InChI=1S/C5H8BNO3/c1-4(8)10-3-2-7-5(6)9/h2-3H2,1H3,(H,7,9). The maximum atomic E-state index is 10.1. The molecule has 1 amide bonds. The second kappa shape index (κ2) is 4.84. The quantitative estimate of drug-likeness (QED) is 0.325. The summed E-state index contributed by atoms with van der Waals surface area (Å²) in [6.07, 6.45) is 0. The molecule has 0 aliphatic rings. The molecular formula is C5H8BNO3. The second-order valence-corrected chi connectivity index (χ2v) is 1.63. The van der Waals surface area contributed by atoms with Gasteiger partial charge in [-0.15, -0.1) is 0 Å². The average molecular weight is 141 g/mol. The van der Waals surface area contributed by atoms with Crippen LogP contribution in [-0.2, 0) is 9.53 Å². The third-order valence-electron chi connectivity index (χ3n) is 0.707. The van der Waals surface area contributed by atoms with E-state index in [0.29, 0.717) is 0 Å². The normalized spacial score (nSPS) is 8.50. The number of rotatable bonds is 3. The van der Waals surface area contributed by atoms with Crippen LogP contribution in [-0.4, -0.2) is 32.8 Å². The summed E-state index contributed by atoms with van der Waals surface area (Å²) < 4.78 is 4.48. The molecule has 0 aromatic heterocycles. The van der Waals surface area contributed by atoms with Gasteiger partial charge in [-0.1, -0.05) is 0 Å². The Kier molecular flexibility index (Phi) is 4.36. The number of esters is 1. The maximum Gasteiger partial charge on any atom is 0.302 e. The molecule has 0 atom stereocenters. The van der Waals surface area contributed by atoms with E-state index in [0.717, 1.165) is 0 Å². The molecule has 0 bridgehead atoms. The Bertz CT molecular complexity index is 121. The van der Waals surface area contributed by atoms with Crippen molar-refractivity contribution in [3.05, 3.63) is 0 Å². The van der Waals surface area contributed by atoms with E-state index < -0.39 is 5.81 Å². The summed E-state index contributed by atoms with van der Waals surface area (Å²) in [6, 6.07) is 0. The molecule has 54 valence electrons. The molecule has 0 saturated carbocycles. The highest BCUT2D eigenvalue weighted by molar-refractivity contribution is 6.57. The zero-order valence-electron chi connectivity index (χ0n) is 5.72. The molecule has 0 fully saturated rings. The topological polar surface area (TPSA) is 55.4 Å². The van der Waals surface area contributed by atoms with E-state index in [1.165, 1.54) is 6.92 Å². The van der Waals surface area contributed by atoms with Crippen molar-refractivity contribution in [2.45, 2.75) is 6.92 Å². The Morgan fingerprint density at radius 3 is 2.60 bits per heavy atom. The molecule has 0 saturated heterocycles. The highest BCUT2D eigenvalue weighted by atomic mass is 16.5. The first-order chi connectivity index (χ1) is 4.63. The molecule has 1 N–H and O–H groups in total. The molecule has 2 radical (unpaired) electrons. The van der Waals surface area contributed by atoms with Gasteiger partial charge >= 0.3 is 5.97 Å². The van der Waals surface area contributed by atoms with Crippen LogP contribution in [0.3, 0.4) is 0 Å². The SMILES string of the molecule is [B]C(=O)NCCOC(C)=O. The third kappa shape index (κ3) is 7.00. The molecule has 0 aromatic carbocycles. The first kappa shape index (κ1) is 9.00. The van der Waals surface area contributed by atoms with Gasteiger partial charge in [0.1, 0.15) is 6.61 Å². The van der Waals surface area contributed by atoms with Gasteiger partial charge < -0.3 is 10.1 Å². The maximum absolute atomic E-state index is 10.1. The molecular weight excluding hydrogens is 133 g/mol. The summed E-state index contributed by atoms with van der Waals surface area (Å²) in [5, 5.41) is 2.26. The molecule has 0 heterocycles. The van der Waals surface area contributed by atoms with Gasteiger partial charge in [0.05, 0.1) is 6.54 Å². The predicted molar refractivity (Wildman–Crippen MR) is 35.8 cm³/mol. The van der Waals surface area contributed by atoms with Crippen LogP contribution in [0.25, 0.3) is 0 Å². The highest BCUT2D eigenvalue weighted by Gasteiger charge is 1.92. The van der Waals surface area contributed by atoms with E-state index >= 15 is 0 Å². The Hall–Kier alpha value is -0.995. The number of ether oxygens (including phenoxy) is 1. The first-order valence-electron chi connectivity index (χ1n) is 2.79. The minimum absolute atomic E-state index is 0.165. The molecule has 10 heavy (non-hydrogen) atoms. The molecule has 4 nitrogen and oxygen atoms in total. The van der Waals surface area contributed by atoms with Crippen LogP contribution in [0.5, 0.6) is 0 Å². The van der Waals surface area contributed by atoms with Crippen molar-refractivity contribution in [1.82, 2.24) is 5.32 Å². The van der Waals surface area contributed by atoms with Crippen LogP contribution in [0.4, 0.5) is 4.79 Å². The van der Waals surface area contributed by atoms with Gasteiger partial charge in [-0.05, 0) is 0 Å². The van der Waals surface area contributed by atoms with Gasteiger partial charge in [-0.2, -0.15) is 0 Å². The van der Waals surface area contributed by atoms with Crippen molar-refractivity contribution in [2.24, 2.45) is 0 Å². The summed E-state index contributed by atoms with van der Waals surface area (Å²) in [4.78, 5) is 20.1. The van der Waals surface area contributed by atoms with E-state index in [1.807, 2.05) is 0 Å². The van der Waals surface area contributed by atoms with Crippen molar-refractivity contribution >= 4 is 19.6 Å². The zero-order chi connectivity index (χ0) is 7.98. The van der Waals surface area contributed by atoms with Crippen molar-refractivity contribution in [3.63, 3.8) is 0 Å². The van der Waals surface area contributed by atoms with Gasteiger partial charge in [0.25, 0.3) is 0 Å². The van der Waals surface area contributed by atoms with E-state index in [4.69, 9.17) is 7.85 Å². The average Bonchev–Trinajstić information content (AvgIpc) is 1.79. The van der Waals surface area contributed by atoms with Crippen molar-refractivity contribution in [2.75, 3.05) is 13.2 Å². The van der Waals surface area contributed by atoms with Crippen LogP contribution in [0, 0.1) is 0 Å². The third-order valence-corrected chi connectivity index (χ3v) is 0.707. The fraction of sp³-hybridized carbons (Fsp3) is 0.600. The lowest BCUT2D eigenvalue weighted by Crippen LogP contribution is -2.26. The second-order valence-electron chi connectivity index (χ2n) is 1.63. The minimum atomic E-state index is -0.618. The zero-order valence-corrected chi connectivity index (χ0v) is 5.72. The number of carbonyl (C=O) groups is 2. The van der Waals surface area contributed by atoms with E-state index in [1.54, 1.807) is 0 Å². The summed E-state index contributed by atoms with van der Waals surface area (Å²) in [5.74, 6) is -0.988. The summed E-state index contributed by atoms with van der Waals surface area (Å²) in [5.41, 5.74) is 0. The number of hydrogen-bond acceptors (Lipinski definition) is 3. The van der Waals surface area contributed by atoms with Gasteiger partial charge in [0, 0.05) is 6.92 Å². The van der Waals surface area contributed by atoms with Gasteiger partial charge in [0.2, 0.25) is 0 Å². The predicted octanol–water partition coefficient (Wildman–Crippen LogP) is -0.572. The molecule has 0 aliphatic heterocycles. The fourth-order valence-corrected chi connectivity index (χ4v) is 0.369. The molecule has 0 spiro atoms. The molecule has 5 heteroatoms. The molecule has 0 aromatic rings. The lowest BCUT2D eigenvalue weighted by Gasteiger charge is -2.01. The lowest BCUT2D eigenvalue weighted by molar-refractivity contribution is -0.140. The molecule has 0 rings (SSSR count). The van der Waals surface area contributed by atoms with Gasteiger partial charge in [-0.25, -0.2) is 0 Å². The largest absolute Gasteiger partial charge is 0.464 e. The van der Waals surface area contributed by atoms with Crippen LogP contribution < -0.4 is 5.32 Å². The van der Waals surface area contributed by atoms with Gasteiger partial charge in [0.15, 0.2) is 13.7 Å². The Morgan fingerprint density at radius 2 is 2.20 bits per heavy atom. The Morgan fingerprint density at radius 1 is 1.60 bits per heavy atom. The van der Waals surface area contributed by atoms with Crippen molar-refractivity contribution in [3.8, 4) is 0 Å². The number of carbonyl (C=O) groups excluding carboxylic acids is 2. The van der Waals surface area contributed by atoms with Gasteiger partial charge in [-0.3, -0.25) is 9.59 Å². The van der Waals surface area contributed by atoms with Crippen LogP contribution in [0.2, 0.25) is 0 Å². The number of hydrogen-bond donors (Lipinski definition) is 1.